The van der Waals surface area contributed by atoms with E-state index in [1.807, 2.05) is 67.6 Å². The summed E-state index contributed by atoms with van der Waals surface area (Å²) in [6.07, 6.45) is 0. The summed E-state index contributed by atoms with van der Waals surface area (Å²) in [7, 11) is 3.18. The van der Waals surface area contributed by atoms with E-state index in [0.29, 0.717) is 29.3 Å². The van der Waals surface area contributed by atoms with Gasteiger partial charge in [0.2, 0.25) is 0 Å². The van der Waals surface area contributed by atoms with Gasteiger partial charge in [-0.25, -0.2) is 0 Å². The maximum atomic E-state index is 12.6. The van der Waals surface area contributed by atoms with Crippen molar-refractivity contribution >= 4 is 5.91 Å². The van der Waals surface area contributed by atoms with Crippen molar-refractivity contribution in [3.63, 3.8) is 0 Å². The van der Waals surface area contributed by atoms with Gasteiger partial charge in [-0.1, -0.05) is 36.4 Å². The topological polar surface area (TPSA) is 60.5 Å². The molecule has 0 aliphatic rings. The lowest BCUT2D eigenvalue weighted by atomic mass is 10.1. The second-order valence-electron chi connectivity index (χ2n) is 6.07. The van der Waals surface area contributed by atoms with Crippen LogP contribution in [0.25, 0.3) is 11.3 Å². The number of benzene rings is 2. The minimum atomic E-state index is -0.158. The Morgan fingerprint density at radius 2 is 1.70 bits per heavy atom. The highest BCUT2D eigenvalue weighted by Crippen LogP contribution is 2.27. The van der Waals surface area contributed by atoms with Crippen LogP contribution in [-0.2, 0) is 6.54 Å². The number of amides is 1. The van der Waals surface area contributed by atoms with Crippen LogP contribution < -0.4 is 14.8 Å². The average Bonchev–Trinajstić information content (AvgIpc) is 2.72. The van der Waals surface area contributed by atoms with E-state index < -0.39 is 0 Å². The van der Waals surface area contributed by atoms with E-state index in [4.69, 9.17) is 9.47 Å². The van der Waals surface area contributed by atoms with Crippen molar-refractivity contribution in [3.8, 4) is 22.8 Å². The summed E-state index contributed by atoms with van der Waals surface area (Å²) in [6.45, 7) is 2.23. The number of carbonyl (C=O) groups is 1. The normalized spacial score (nSPS) is 10.3. The maximum absolute atomic E-state index is 12.6. The number of aromatic nitrogens is 1. The van der Waals surface area contributed by atoms with E-state index in [0.717, 1.165) is 16.8 Å². The zero-order valence-electron chi connectivity index (χ0n) is 15.7. The largest absolute Gasteiger partial charge is 0.493 e. The van der Waals surface area contributed by atoms with Crippen LogP contribution in [0.15, 0.2) is 60.7 Å². The molecule has 0 aliphatic heterocycles. The Hall–Kier alpha value is -3.34. The molecule has 0 fully saturated rings. The van der Waals surface area contributed by atoms with Crippen LogP contribution in [0.2, 0.25) is 0 Å². The first kappa shape index (κ1) is 18.5. The van der Waals surface area contributed by atoms with Gasteiger partial charge in [0, 0.05) is 12.1 Å². The number of ether oxygens (including phenoxy) is 2. The number of rotatable bonds is 6. The standard InChI is InChI=1S/C22H22N2O3/c1-15-18(10-11-19(24-15)17-7-5-4-6-8-17)22(25)23-14-16-9-12-20(26-2)21(13-16)27-3/h4-13H,14H2,1-3H3,(H,23,25). The summed E-state index contributed by atoms with van der Waals surface area (Å²) in [6, 6.07) is 19.1. The third-order valence-corrected chi connectivity index (χ3v) is 4.30. The number of nitrogens with zero attached hydrogens (tertiary/aromatic N) is 1. The fourth-order valence-corrected chi connectivity index (χ4v) is 2.84. The monoisotopic (exact) mass is 362 g/mol. The summed E-state index contributed by atoms with van der Waals surface area (Å²) >= 11 is 0. The number of nitrogens with one attached hydrogen (secondary N) is 1. The number of methoxy groups -OCH3 is 2. The zero-order valence-corrected chi connectivity index (χ0v) is 15.7. The van der Waals surface area contributed by atoms with Crippen LogP contribution in [0.3, 0.4) is 0 Å². The molecular formula is C22H22N2O3. The van der Waals surface area contributed by atoms with Gasteiger partial charge in [0.25, 0.3) is 5.91 Å². The molecule has 3 rings (SSSR count). The van der Waals surface area contributed by atoms with Crippen LogP contribution in [0, 0.1) is 6.92 Å². The predicted molar refractivity (Wildman–Crippen MR) is 105 cm³/mol. The maximum Gasteiger partial charge on any atom is 0.253 e. The van der Waals surface area contributed by atoms with Crippen molar-refractivity contribution < 1.29 is 14.3 Å². The summed E-state index contributed by atoms with van der Waals surface area (Å²) in [5, 5.41) is 2.93. The van der Waals surface area contributed by atoms with E-state index in [-0.39, 0.29) is 5.91 Å². The predicted octanol–water partition coefficient (Wildman–Crippen LogP) is 4.00. The number of aryl methyl sites for hydroxylation is 1. The first-order valence-corrected chi connectivity index (χ1v) is 8.64. The molecule has 0 unspecified atom stereocenters. The van der Waals surface area contributed by atoms with Gasteiger partial charge in [0.1, 0.15) is 0 Å². The Morgan fingerprint density at radius 3 is 2.37 bits per heavy atom. The molecule has 0 radical (unpaired) electrons. The van der Waals surface area contributed by atoms with E-state index in [2.05, 4.69) is 10.3 Å². The van der Waals surface area contributed by atoms with Crippen LogP contribution in [0.4, 0.5) is 0 Å². The Labute approximate surface area is 159 Å². The lowest BCUT2D eigenvalue weighted by Crippen LogP contribution is -2.24. The molecule has 5 nitrogen and oxygen atoms in total. The third kappa shape index (κ3) is 4.26. The molecule has 0 atom stereocenters. The van der Waals surface area contributed by atoms with E-state index in [1.165, 1.54) is 0 Å². The Morgan fingerprint density at radius 1 is 0.963 bits per heavy atom. The molecule has 5 heteroatoms. The molecule has 3 aromatic rings. The van der Waals surface area contributed by atoms with Crippen molar-refractivity contribution in [3.05, 3.63) is 77.5 Å². The van der Waals surface area contributed by atoms with Crippen molar-refractivity contribution in [1.29, 1.82) is 0 Å². The summed E-state index contributed by atoms with van der Waals surface area (Å²) < 4.78 is 10.5. The zero-order chi connectivity index (χ0) is 19.2. The van der Waals surface area contributed by atoms with Crippen LogP contribution in [0.5, 0.6) is 11.5 Å². The van der Waals surface area contributed by atoms with E-state index in [1.54, 1.807) is 14.2 Å². The van der Waals surface area contributed by atoms with Crippen LogP contribution in [-0.4, -0.2) is 25.1 Å². The van der Waals surface area contributed by atoms with Crippen LogP contribution in [0.1, 0.15) is 21.6 Å². The van der Waals surface area contributed by atoms with Gasteiger partial charge in [0.15, 0.2) is 11.5 Å². The third-order valence-electron chi connectivity index (χ3n) is 4.30. The first-order chi connectivity index (χ1) is 13.1. The van der Waals surface area contributed by atoms with Gasteiger partial charge in [-0.05, 0) is 36.8 Å². The van der Waals surface area contributed by atoms with Gasteiger partial charge in [0.05, 0.1) is 31.2 Å². The van der Waals surface area contributed by atoms with Crippen molar-refractivity contribution in [1.82, 2.24) is 10.3 Å². The van der Waals surface area contributed by atoms with Crippen molar-refractivity contribution in [2.75, 3.05) is 14.2 Å². The van der Waals surface area contributed by atoms with Gasteiger partial charge in [-0.2, -0.15) is 0 Å². The van der Waals surface area contributed by atoms with Crippen molar-refractivity contribution in [2.24, 2.45) is 0 Å². The molecule has 1 amide bonds. The van der Waals surface area contributed by atoms with Gasteiger partial charge >= 0.3 is 0 Å². The lowest BCUT2D eigenvalue weighted by Gasteiger charge is -2.11. The molecule has 1 aromatic heterocycles. The second-order valence-corrected chi connectivity index (χ2v) is 6.07. The van der Waals surface area contributed by atoms with Gasteiger partial charge < -0.3 is 14.8 Å². The van der Waals surface area contributed by atoms with Crippen molar-refractivity contribution in [2.45, 2.75) is 13.5 Å². The highest BCUT2D eigenvalue weighted by atomic mass is 16.5. The Balaban J connectivity index is 1.71. The molecule has 27 heavy (non-hydrogen) atoms. The molecule has 0 saturated carbocycles. The summed E-state index contributed by atoms with van der Waals surface area (Å²) in [5.41, 5.74) is 4.06. The molecule has 0 aliphatic carbocycles. The SMILES string of the molecule is COc1ccc(CNC(=O)c2ccc(-c3ccccc3)nc2C)cc1OC. The molecule has 1 N–H and O–H groups in total. The molecule has 0 saturated heterocycles. The average molecular weight is 362 g/mol. The quantitative estimate of drug-likeness (QED) is 0.720. The first-order valence-electron chi connectivity index (χ1n) is 8.64. The van der Waals surface area contributed by atoms with Gasteiger partial charge in [-0.3, -0.25) is 9.78 Å². The lowest BCUT2D eigenvalue weighted by molar-refractivity contribution is 0.0950. The minimum Gasteiger partial charge on any atom is -0.493 e. The fourth-order valence-electron chi connectivity index (χ4n) is 2.84. The highest BCUT2D eigenvalue weighted by molar-refractivity contribution is 5.95. The number of pyridine rings is 1. The number of carbonyl (C=O) groups excluding carboxylic acids is 1. The second kappa shape index (κ2) is 8.36. The Kier molecular flexibility index (Phi) is 5.71. The Bertz CT molecular complexity index is 940. The number of hydrogen-bond donors (Lipinski definition) is 1. The summed E-state index contributed by atoms with van der Waals surface area (Å²) in [4.78, 5) is 17.1. The molecule has 138 valence electrons. The minimum absolute atomic E-state index is 0.158. The van der Waals surface area contributed by atoms with E-state index >= 15 is 0 Å². The highest BCUT2D eigenvalue weighted by Gasteiger charge is 2.12. The molecular weight excluding hydrogens is 340 g/mol. The van der Waals surface area contributed by atoms with Gasteiger partial charge in [-0.15, -0.1) is 0 Å². The molecule has 1 heterocycles. The molecule has 0 spiro atoms. The molecule has 2 aromatic carbocycles. The van der Waals surface area contributed by atoms with Crippen LogP contribution >= 0.6 is 0 Å². The van der Waals surface area contributed by atoms with E-state index in [9.17, 15) is 4.79 Å². The smallest absolute Gasteiger partial charge is 0.253 e. The summed E-state index contributed by atoms with van der Waals surface area (Å²) in [5.74, 6) is 1.13. The fraction of sp³-hybridized carbons (Fsp3) is 0.182. The number of hydrogen-bond acceptors (Lipinski definition) is 4. The molecule has 0 bridgehead atoms.